The van der Waals surface area contributed by atoms with Gasteiger partial charge in [-0.3, -0.25) is 43.3 Å². The monoisotopic (exact) mass is 712 g/mol. The minimum atomic E-state index is -1.75. The summed E-state index contributed by atoms with van der Waals surface area (Å²) in [5.41, 5.74) is 17.5. The molecule has 0 saturated heterocycles. The first-order valence-corrected chi connectivity index (χ1v) is 15.7. The van der Waals surface area contributed by atoms with E-state index in [1.807, 2.05) is 0 Å². The standard InChI is InChI=1S/C33H42N7O11/c1-18(43)40(21(16-41)6-12-28(35)46)33(51)25(11-13-29(36)47)37-32(50)27(17-42)39-31(49)26(15-20-4-9-23(45)10-5-20)38-30(48)24(34)14-19-2-7-22(44)8-3-19/h2-5,7-10,21,24-27,42,44-45H,6,11-15,17,34H2,1H3,(H2,35,46)(H2,36,47)(H,37,50)(H,38,48)(H,39,49)/t21-,24-,25-,26-,27-/m0/s1. The number of rotatable bonds is 20. The van der Waals surface area contributed by atoms with E-state index in [1.54, 1.807) is 12.1 Å². The molecule has 0 spiro atoms. The van der Waals surface area contributed by atoms with Crippen LogP contribution in [0.4, 0.5) is 0 Å². The number of phenolic OH excluding ortho intramolecular Hbond substituents is 2. The molecule has 5 atom stereocenters. The summed E-state index contributed by atoms with van der Waals surface area (Å²) < 4.78 is 0. The third kappa shape index (κ3) is 13.5. The molecule has 0 unspecified atom stereocenters. The Morgan fingerprint density at radius 1 is 0.706 bits per heavy atom. The number of aliphatic hydroxyl groups excluding tert-OH is 1. The lowest BCUT2D eigenvalue weighted by molar-refractivity contribution is -0.148. The van der Waals surface area contributed by atoms with Crippen LogP contribution < -0.4 is 33.2 Å². The maximum absolute atomic E-state index is 13.5. The van der Waals surface area contributed by atoms with Crippen LogP contribution in [0.25, 0.3) is 0 Å². The van der Waals surface area contributed by atoms with E-state index in [-0.39, 0.29) is 30.8 Å². The van der Waals surface area contributed by atoms with Gasteiger partial charge in [0.05, 0.1) is 12.6 Å². The van der Waals surface area contributed by atoms with Crippen molar-refractivity contribution in [2.24, 2.45) is 17.2 Å². The first-order valence-electron chi connectivity index (χ1n) is 15.7. The molecular formula is C33H42N7O11. The van der Waals surface area contributed by atoms with Gasteiger partial charge < -0.3 is 48.5 Å². The van der Waals surface area contributed by atoms with Crippen molar-refractivity contribution in [1.82, 2.24) is 20.9 Å². The van der Waals surface area contributed by atoms with E-state index in [2.05, 4.69) is 16.0 Å². The summed E-state index contributed by atoms with van der Waals surface area (Å²) in [6.45, 7) is -0.0797. The fraction of sp³-hybridized carbons (Fsp3) is 0.394. The van der Waals surface area contributed by atoms with Crippen LogP contribution in [-0.4, -0.2) is 105 Å². The van der Waals surface area contributed by atoms with Gasteiger partial charge >= 0.3 is 0 Å². The smallest absolute Gasteiger partial charge is 0.252 e. The average molecular weight is 713 g/mol. The fourth-order valence-electron chi connectivity index (χ4n) is 4.83. The molecule has 12 N–H and O–H groups in total. The highest BCUT2D eigenvalue weighted by atomic mass is 16.3. The molecule has 18 nitrogen and oxygen atoms in total. The minimum Gasteiger partial charge on any atom is -0.508 e. The fourth-order valence-corrected chi connectivity index (χ4v) is 4.83. The molecular weight excluding hydrogens is 670 g/mol. The number of carbonyl (C=O) groups is 7. The van der Waals surface area contributed by atoms with Crippen molar-refractivity contribution in [3.8, 4) is 11.5 Å². The molecule has 51 heavy (non-hydrogen) atoms. The van der Waals surface area contributed by atoms with Gasteiger partial charge in [0.1, 0.15) is 35.7 Å². The number of carbonyl (C=O) groups excluding carboxylic acids is 8. The number of aromatic hydroxyl groups is 2. The largest absolute Gasteiger partial charge is 0.508 e. The van der Waals surface area contributed by atoms with Crippen LogP contribution in [0.2, 0.25) is 0 Å². The summed E-state index contributed by atoms with van der Waals surface area (Å²) in [7, 11) is 0. The van der Waals surface area contributed by atoms with E-state index < -0.39 is 97.4 Å². The molecule has 1 radical (unpaired) electrons. The van der Waals surface area contributed by atoms with Crippen molar-refractivity contribution in [2.75, 3.05) is 6.61 Å². The van der Waals surface area contributed by atoms with Gasteiger partial charge in [0.15, 0.2) is 0 Å². The average Bonchev–Trinajstić information content (AvgIpc) is 3.07. The number of nitrogens with zero attached hydrogens (tertiary/aromatic N) is 1. The van der Waals surface area contributed by atoms with Gasteiger partial charge in [0.2, 0.25) is 41.7 Å². The van der Waals surface area contributed by atoms with Crippen molar-refractivity contribution in [1.29, 1.82) is 0 Å². The van der Waals surface area contributed by atoms with Crippen molar-refractivity contribution < 1.29 is 53.7 Å². The highest BCUT2D eigenvalue weighted by Crippen LogP contribution is 2.15. The van der Waals surface area contributed by atoms with Gasteiger partial charge in [-0.2, -0.15) is 0 Å². The second-order valence-corrected chi connectivity index (χ2v) is 11.6. The van der Waals surface area contributed by atoms with Crippen LogP contribution in [0, 0.1) is 0 Å². The zero-order chi connectivity index (χ0) is 38.2. The van der Waals surface area contributed by atoms with Crippen LogP contribution in [0.3, 0.4) is 0 Å². The molecule has 0 aliphatic rings. The first-order chi connectivity index (χ1) is 24.1. The molecule has 2 rings (SSSR count). The van der Waals surface area contributed by atoms with Gasteiger partial charge in [-0.15, -0.1) is 0 Å². The summed E-state index contributed by atoms with van der Waals surface area (Å²) in [4.78, 5) is 101. The Balaban J connectivity index is 2.30. The summed E-state index contributed by atoms with van der Waals surface area (Å²) >= 11 is 0. The molecule has 0 aliphatic heterocycles. The lowest BCUT2D eigenvalue weighted by Gasteiger charge is -2.30. The molecule has 275 valence electrons. The number of phenols is 2. The number of hydrogen-bond acceptors (Lipinski definition) is 12. The Morgan fingerprint density at radius 3 is 1.63 bits per heavy atom. The number of benzene rings is 2. The van der Waals surface area contributed by atoms with Gasteiger partial charge in [0.25, 0.3) is 5.91 Å². The Kier molecular flexibility index (Phi) is 16.2. The first kappa shape index (κ1) is 41.3. The number of aliphatic hydroxyl groups is 1. The predicted octanol–water partition coefficient (Wildman–Crippen LogP) is -2.96. The molecule has 2 aromatic carbocycles. The number of nitrogens with two attached hydrogens (primary N) is 3. The molecule has 0 aromatic heterocycles. The lowest BCUT2D eigenvalue weighted by atomic mass is 10.0. The van der Waals surface area contributed by atoms with Crippen molar-refractivity contribution >= 4 is 47.6 Å². The highest BCUT2D eigenvalue weighted by molar-refractivity contribution is 6.02. The number of amides is 7. The number of hydrogen-bond donors (Lipinski definition) is 9. The second-order valence-electron chi connectivity index (χ2n) is 11.6. The number of imide groups is 1. The molecule has 0 saturated carbocycles. The van der Waals surface area contributed by atoms with E-state index in [9.17, 15) is 53.7 Å². The van der Waals surface area contributed by atoms with Gasteiger partial charge in [-0.05, 0) is 54.7 Å². The lowest BCUT2D eigenvalue weighted by Crippen LogP contribution is -2.60. The summed E-state index contributed by atoms with van der Waals surface area (Å²) in [6.07, 6.45) is -0.342. The number of primary amides is 2. The topological polar surface area (TPSA) is 315 Å². The van der Waals surface area contributed by atoms with Gasteiger partial charge in [-0.25, -0.2) is 0 Å². The minimum absolute atomic E-state index is 0.00785. The maximum Gasteiger partial charge on any atom is 0.252 e. The van der Waals surface area contributed by atoms with Crippen LogP contribution in [0.15, 0.2) is 48.5 Å². The molecule has 0 aliphatic carbocycles. The third-order valence-corrected chi connectivity index (χ3v) is 7.54. The summed E-state index contributed by atoms with van der Waals surface area (Å²) in [5, 5.41) is 36.3. The normalized spacial score (nSPS) is 13.7. The van der Waals surface area contributed by atoms with Crippen LogP contribution in [0.1, 0.15) is 43.7 Å². The van der Waals surface area contributed by atoms with Crippen molar-refractivity contribution in [3.63, 3.8) is 0 Å². The molecule has 0 heterocycles. The maximum atomic E-state index is 13.5. The van der Waals surface area contributed by atoms with Crippen molar-refractivity contribution in [2.45, 2.75) is 75.7 Å². The number of nitrogens with one attached hydrogen (secondary N) is 3. The highest BCUT2D eigenvalue weighted by Gasteiger charge is 2.36. The second kappa shape index (κ2) is 20.0. The summed E-state index contributed by atoms with van der Waals surface area (Å²) in [5.74, 6) is -6.77. The SMILES string of the molecule is CC(=O)N(C(=O)[C@H](CCC(N)=O)NC(=O)[C@H](CO)NC(=O)[C@H](Cc1ccc(O)cc1)NC(=O)[C@@H](N)Cc1ccc(O)cc1)[C@H]([C]=O)CCC(N)=O. The molecule has 0 bridgehead atoms. The summed E-state index contributed by atoms with van der Waals surface area (Å²) in [6, 6.07) is 4.05. The van der Waals surface area contributed by atoms with Crippen LogP contribution in [-0.2, 0) is 51.2 Å². The Hall–Kier alpha value is -5.88. The molecule has 0 fully saturated rings. The van der Waals surface area contributed by atoms with E-state index >= 15 is 0 Å². The Labute approximate surface area is 292 Å². The van der Waals surface area contributed by atoms with Crippen molar-refractivity contribution in [3.05, 3.63) is 59.7 Å². The van der Waals surface area contributed by atoms with E-state index in [0.717, 1.165) is 6.92 Å². The molecule has 2 aromatic rings. The quantitative estimate of drug-likeness (QED) is 0.0665. The zero-order valence-electron chi connectivity index (χ0n) is 27.7. The van der Waals surface area contributed by atoms with Crippen LogP contribution in [0.5, 0.6) is 11.5 Å². The molecule has 7 amide bonds. The molecule has 18 heteroatoms. The van der Waals surface area contributed by atoms with Gasteiger partial charge in [-0.1, -0.05) is 24.3 Å². The van der Waals surface area contributed by atoms with E-state index in [1.165, 1.54) is 42.7 Å². The predicted molar refractivity (Wildman–Crippen MR) is 178 cm³/mol. The Bertz CT molecular complexity index is 1570. The van der Waals surface area contributed by atoms with E-state index in [4.69, 9.17) is 17.2 Å². The van der Waals surface area contributed by atoms with E-state index in [0.29, 0.717) is 16.0 Å². The van der Waals surface area contributed by atoms with Crippen LogP contribution >= 0.6 is 0 Å². The Morgan fingerprint density at radius 2 is 1.16 bits per heavy atom. The third-order valence-electron chi connectivity index (χ3n) is 7.54. The van der Waals surface area contributed by atoms with Gasteiger partial charge in [0, 0.05) is 26.2 Å². The zero-order valence-corrected chi connectivity index (χ0v) is 27.7.